The predicted molar refractivity (Wildman–Crippen MR) is 114 cm³/mol. The fraction of sp³-hybridized carbons (Fsp3) is 0.381. The fourth-order valence-corrected chi connectivity index (χ4v) is 3.53. The van der Waals surface area contributed by atoms with Gasteiger partial charge in [-0.3, -0.25) is 4.79 Å². The molecule has 1 aliphatic heterocycles. The van der Waals surface area contributed by atoms with Gasteiger partial charge in [0.1, 0.15) is 0 Å². The summed E-state index contributed by atoms with van der Waals surface area (Å²) in [4.78, 5) is 15.0. The molecule has 2 aromatic carbocycles. The normalized spacial score (nSPS) is 13.9. The molecule has 0 saturated carbocycles. The number of ether oxygens (including phenoxy) is 3. The van der Waals surface area contributed by atoms with Crippen molar-refractivity contribution < 1.29 is 19.0 Å². The molecule has 0 bridgehead atoms. The highest BCUT2D eigenvalue weighted by Crippen LogP contribution is 2.37. The summed E-state index contributed by atoms with van der Waals surface area (Å²) in [5.41, 5.74) is 2.36. The van der Waals surface area contributed by atoms with Crippen LogP contribution >= 0.6 is 15.9 Å². The van der Waals surface area contributed by atoms with Gasteiger partial charge in [0.2, 0.25) is 0 Å². The van der Waals surface area contributed by atoms with E-state index in [1.807, 2.05) is 31.2 Å². The van der Waals surface area contributed by atoms with Crippen LogP contribution in [0.3, 0.4) is 0 Å². The Bertz CT molecular complexity index is 805. The van der Waals surface area contributed by atoms with Crippen LogP contribution < -0.4 is 19.7 Å². The van der Waals surface area contributed by atoms with Gasteiger partial charge in [-0.1, -0.05) is 6.92 Å². The number of halogens is 1. The summed E-state index contributed by atoms with van der Waals surface area (Å²) in [5.74, 6) is 0.923. The van der Waals surface area contributed by atoms with Crippen molar-refractivity contribution in [2.24, 2.45) is 0 Å². The van der Waals surface area contributed by atoms with Gasteiger partial charge >= 0.3 is 0 Å². The Morgan fingerprint density at radius 1 is 1.21 bits per heavy atom. The van der Waals surface area contributed by atoms with E-state index < -0.39 is 0 Å². The van der Waals surface area contributed by atoms with Gasteiger partial charge in [-0.25, -0.2) is 0 Å². The Hall–Kier alpha value is -2.25. The van der Waals surface area contributed by atoms with Gasteiger partial charge in [0.05, 0.1) is 31.4 Å². The molecule has 1 aliphatic rings. The number of carbonyl (C=O) groups is 1. The highest BCUT2D eigenvalue weighted by molar-refractivity contribution is 9.10. The number of nitrogens with one attached hydrogen (secondary N) is 1. The highest BCUT2D eigenvalue weighted by Gasteiger charge is 2.16. The second kappa shape index (κ2) is 9.80. The molecule has 6 nitrogen and oxygen atoms in total. The third kappa shape index (κ3) is 4.97. The van der Waals surface area contributed by atoms with Gasteiger partial charge in [0, 0.05) is 30.0 Å². The molecule has 1 fully saturated rings. The first-order valence-electron chi connectivity index (χ1n) is 9.36. The minimum atomic E-state index is -0.208. The quantitative estimate of drug-likeness (QED) is 0.682. The first kappa shape index (κ1) is 20.5. The molecule has 1 N–H and O–H groups in total. The lowest BCUT2D eigenvalue weighted by Crippen LogP contribution is -2.36. The van der Waals surface area contributed by atoms with E-state index in [1.54, 1.807) is 19.2 Å². The maximum atomic E-state index is 12.7. The zero-order valence-corrected chi connectivity index (χ0v) is 17.8. The number of hydrogen-bond acceptors (Lipinski definition) is 5. The number of methoxy groups -OCH3 is 1. The molecule has 1 amide bonds. The summed E-state index contributed by atoms with van der Waals surface area (Å²) >= 11 is 3.48. The van der Waals surface area contributed by atoms with Crippen molar-refractivity contribution in [2.45, 2.75) is 13.3 Å². The van der Waals surface area contributed by atoms with E-state index in [-0.39, 0.29) is 5.91 Å². The van der Waals surface area contributed by atoms with Gasteiger partial charge in [-0.15, -0.1) is 0 Å². The lowest BCUT2D eigenvalue weighted by molar-refractivity contribution is 0.102. The van der Waals surface area contributed by atoms with E-state index in [2.05, 4.69) is 26.1 Å². The summed E-state index contributed by atoms with van der Waals surface area (Å²) in [6.45, 7) is 5.86. The number of benzene rings is 2. The molecular weight excluding hydrogens is 424 g/mol. The van der Waals surface area contributed by atoms with Crippen molar-refractivity contribution >= 4 is 33.2 Å². The Morgan fingerprint density at radius 2 is 1.93 bits per heavy atom. The average molecular weight is 449 g/mol. The monoisotopic (exact) mass is 448 g/mol. The molecule has 0 unspecified atom stereocenters. The highest BCUT2D eigenvalue weighted by atomic mass is 79.9. The number of nitrogens with zero attached hydrogens (tertiary/aromatic N) is 1. The first-order valence-corrected chi connectivity index (χ1v) is 10.2. The topological polar surface area (TPSA) is 60.0 Å². The van der Waals surface area contributed by atoms with E-state index >= 15 is 0 Å². The minimum Gasteiger partial charge on any atom is -0.493 e. The summed E-state index contributed by atoms with van der Waals surface area (Å²) < 4.78 is 17.2. The predicted octanol–water partition coefficient (Wildman–Crippen LogP) is 4.34. The lowest BCUT2D eigenvalue weighted by atomic mass is 10.1. The third-order valence-corrected chi connectivity index (χ3v) is 5.03. The van der Waals surface area contributed by atoms with E-state index in [0.717, 1.165) is 44.1 Å². The zero-order chi connectivity index (χ0) is 19.9. The number of carbonyl (C=O) groups excluding carboxylic acids is 1. The minimum absolute atomic E-state index is 0.208. The van der Waals surface area contributed by atoms with Crippen molar-refractivity contribution in [3.63, 3.8) is 0 Å². The molecule has 1 heterocycles. The first-order chi connectivity index (χ1) is 13.6. The molecule has 1 saturated heterocycles. The molecule has 0 atom stereocenters. The van der Waals surface area contributed by atoms with Gasteiger partial charge < -0.3 is 24.4 Å². The van der Waals surface area contributed by atoms with E-state index in [0.29, 0.717) is 28.1 Å². The van der Waals surface area contributed by atoms with E-state index in [1.165, 1.54) is 0 Å². The summed E-state index contributed by atoms with van der Waals surface area (Å²) in [6.07, 6.45) is 0.887. The number of amides is 1. The largest absolute Gasteiger partial charge is 0.493 e. The Morgan fingerprint density at radius 3 is 2.57 bits per heavy atom. The second-order valence-electron chi connectivity index (χ2n) is 6.44. The van der Waals surface area contributed by atoms with Crippen LogP contribution in [0, 0.1) is 0 Å². The van der Waals surface area contributed by atoms with Crippen LogP contribution in [-0.2, 0) is 4.74 Å². The van der Waals surface area contributed by atoms with Crippen molar-refractivity contribution in [1.82, 2.24) is 0 Å². The summed E-state index contributed by atoms with van der Waals surface area (Å²) in [6, 6.07) is 11.3. The number of morpholine rings is 1. The van der Waals surface area contributed by atoms with Crippen LogP contribution in [0.5, 0.6) is 11.5 Å². The molecule has 2 aromatic rings. The third-order valence-electron chi connectivity index (χ3n) is 4.44. The lowest BCUT2D eigenvalue weighted by Gasteiger charge is -2.28. The molecule has 0 spiro atoms. The van der Waals surface area contributed by atoms with E-state index in [4.69, 9.17) is 14.2 Å². The van der Waals surface area contributed by atoms with Crippen LogP contribution in [0.2, 0.25) is 0 Å². The van der Waals surface area contributed by atoms with E-state index in [9.17, 15) is 4.79 Å². The number of anilines is 2. The van der Waals surface area contributed by atoms with Crippen LogP contribution in [0.15, 0.2) is 40.9 Å². The fourth-order valence-electron chi connectivity index (χ4n) is 2.98. The van der Waals surface area contributed by atoms with Crippen LogP contribution in [0.25, 0.3) is 0 Å². The number of hydrogen-bond donors (Lipinski definition) is 1. The summed E-state index contributed by atoms with van der Waals surface area (Å²) in [7, 11) is 1.56. The van der Waals surface area contributed by atoms with Gasteiger partial charge in [0.15, 0.2) is 11.5 Å². The zero-order valence-electron chi connectivity index (χ0n) is 16.2. The van der Waals surface area contributed by atoms with Crippen LogP contribution in [0.1, 0.15) is 23.7 Å². The van der Waals surface area contributed by atoms with Crippen molar-refractivity contribution in [1.29, 1.82) is 0 Å². The molecule has 0 aliphatic carbocycles. The molecule has 0 radical (unpaired) electrons. The van der Waals surface area contributed by atoms with Gasteiger partial charge in [-0.2, -0.15) is 0 Å². The molecule has 7 heteroatoms. The Kier molecular flexibility index (Phi) is 7.17. The van der Waals surface area contributed by atoms with Gasteiger partial charge in [0.25, 0.3) is 5.91 Å². The summed E-state index contributed by atoms with van der Waals surface area (Å²) in [5, 5.41) is 2.93. The molecular formula is C21H25BrN2O4. The van der Waals surface area contributed by atoms with Crippen molar-refractivity contribution in [3.8, 4) is 11.5 Å². The van der Waals surface area contributed by atoms with Gasteiger partial charge in [-0.05, 0) is 58.7 Å². The Labute approximate surface area is 173 Å². The maximum absolute atomic E-state index is 12.7. The van der Waals surface area contributed by atoms with Crippen LogP contribution in [0.4, 0.5) is 11.4 Å². The smallest absolute Gasteiger partial charge is 0.255 e. The van der Waals surface area contributed by atoms with Crippen molar-refractivity contribution in [3.05, 3.63) is 46.4 Å². The maximum Gasteiger partial charge on any atom is 0.255 e. The molecule has 28 heavy (non-hydrogen) atoms. The SMILES string of the molecule is CCCOc1c(Br)cc(C(=O)Nc2ccc(N3CCOCC3)cc2)cc1OC. The average Bonchev–Trinajstić information content (AvgIpc) is 2.73. The molecule has 0 aromatic heterocycles. The molecule has 150 valence electrons. The second-order valence-corrected chi connectivity index (χ2v) is 7.29. The standard InChI is InChI=1S/C21H25BrN2O4/c1-3-10-28-20-18(22)13-15(14-19(20)26-2)21(25)23-16-4-6-17(7-5-16)24-8-11-27-12-9-24/h4-7,13-14H,3,8-12H2,1-2H3,(H,23,25). The van der Waals surface area contributed by atoms with Crippen molar-refractivity contribution in [2.75, 3.05) is 50.2 Å². The van der Waals surface area contributed by atoms with Crippen LogP contribution in [-0.4, -0.2) is 45.9 Å². The number of rotatable bonds is 7. The molecule has 3 rings (SSSR count). The Balaban J connectivity index is 1.71.